The highest BCUT2D eigenvalue weighted by Crippen LogP contribution is 2.25. The lowest BCUT2D eigenvalue weighted by molar-refractivity contribution is -0.142. The fraction of sp³-hybridized carbons (Fsp3) is 0.417. The Kier molecular flexibility index (Phi) is 3.99. The summed E-state index contributed by atoms with van der Waals surface area (Å²) in [6.07, 6.45) is -0.430. The maximum absolute atomic E-state index is 13.1. The first-order chi connectivity index (χ1) is 8.47. The monoisotopic (exact) mass is 317 g/mol. The molecule has 1 saturated heterocycles. The number of aliphatic hydroxyl groups is 1. The van der Waals surface area contributed by atoms with Gasteiger partial charge in [0.25, 0.3) is 0 Å². The van der Waals surface area contributed by atoms with Gasteiger partial charge in [0.2, 0.25) is 0 Å². The molecule has 18 heavy (non-hydrogen) atoms. The highest BCUT2D eigenvalue weighted by molar-refractivity contribution is 9.10. The van der Waals surface area contributed by atoms with Gasteiger partial charge in [0.05, 0.1) is 6.10 Å². The van der Waals surface area contributed by atoms with E-state index in [1.165, 1.54) is 12.1 Å². The molecule has 1 fully saturated rings. The van der Waals surface area contributed by atoms with Crippen LogP contribution in [0.5, 0.6) is 0 Å². The van der Waals surface area contributed by atoms with E-state index in [2.05, 4.69) is 15.9 Å². The van der Waals surface area contributed by atoms with Crippen molar-refractivity contribution in [3.63, 3.8) is 0 Å². The number of hydrogen-bond acceptors (Lipinski definition) is 3. The summed E-state index contributed by atoms with van der Waals surface area (Å²) in [7, 11) is 0. The Morgan fingerprint density at radius 3 is 2.94 bits per heavy atom. The Hall–Kier alpha value is -0.980. The zero-order chi connectivity index (χ0) is 13.3. The molecule has 2 rings (SSSR count). The molecule has 4 nitrogen and oxygen atoms in total. The van der Waals surface area contributed by atoms with Gasteiger partial charge >= 0.3 is 5.97 Å². The summed E-state index contributed by atoms with van der Waals surface area (Å²) < 4.78 is 13.9. The smallest absolute Gasteiger partial charge is 0.321 e. The van der Waals surface area contributed by atoms with Gasteiger partial charge in [-0.15, -0.1) is 0 Å². The van der Waals surface area contributed by atoms with Crippen molar-refractivity contribution >= 4 is 21.9 Å². The maximum atomic E-state index is 13.1. The van der Waals surface area contributed by atoms with E-state index in [1.54, 1.807) is 11.0 Å². The summed E-state index contributed by atoms with van der Waals surface area (Å²) in [5, 5.41) is 18.6. The van der Waals surface area contributed by atoms with Crippen LogP contribution < -0.4 is 0 Å². The number of carbonyl (C=O) groups is 1. The summed E-state index contributed by atoms with van der Waals surface area (Å²) in [5.41, 5.74) is 0.676. The third-order valence-corrected chi connectivity index (χ3v) is 3.82. The number of carboxylic acids is 1. The van der Waals surface area contributed by atoms with E-state index >= 15 is 0 Å². The van der Waals surface area contributed by atoms with Gasteiger partial charge < -0.3 is 10.2 Å². The summed E-state index contributed by atoms with van der Waals surface area (Å²) in [4.78, 5) is 12.7. The van der Waals surface area contributed by atoms with Gasteiger partial charge in [-0.1, -0.05) is 15.9 Å². The van der Waals surface area contributed by atoms with Gasteiger partial charge in [-0.2, -0.15) is 0 Å². The Bertz CT molecular complexity index is 469. The van der Waals surface area contributed by atoms with Crippen LogP contribution in [0.4, 0.5) is 4.39 Å². The summed E-state index contributed by atoms with van der Waals surface area (Å²) in [6.45, 7) is 0.590. The SMILES string of the molecule is O=C(O)C1CC(O)CN1Cc1cc(F)ccc1Br. The fourth-order valence-corrected chi connectivity index (χ4v) is 2.57. The van der Waals surface area contributed by atoms with E-state index in [9.17, 15) is 14.3 Å². The number of aliphatic hydroxyl groups excluding tert-OH is 1. The van der Waals surface area contributed by atoms with E-state index < -0.39 is 18.1 Å². The standard InChI is InChI=1S/C12H13BrFNO3/c13-10-2-1-8(14)3-7(10)5-15-6-9(16)4-11(15)12(17)18/h1-3,9,11,16H,4-6H2,(H,17,18). The van der Waals surface area contributed by atoms with Crippen LogP contribution in [0.25, 0.3) is 0 Å². The van der Waals surface area contributed by atoms with E-state index in [4.69, 9.17) is 5.11 Å². The third kappa shape index (κ3) is 2.88. The van der Waals surface area contributed by atoms with Crippen LogP contribution in [0.3, 0.4) is 0 Å². The van der Waals surface area contributed by atoms with Gasteiger partial charge in [0, 0.05) is 24.0 Å². The maximum Gasteiger partial charge on any atom is 0.321 e. The minimum Gasteiger partial charge on any atom is -0.480 e. The molecule has 1 aliphatic heterocycles. The fourth-order valence-electron chi connectivity index (χ4n) is 2.19. The molecule has 1 aliphatic rings. The van der Waals surface area contributed by atoms with E-state index in [0.717, 1.165) is 4.47 Å². The second kappa shape index (κ2) is 5.34. The van der Waals surface area contributed by atoms with Gasteiger partial charge in [0.15, 0.2) is 0 Å². The topological polar surface area (TPSA) is 60.8 Å². The molecule has 6 heteroatoms. The zero-order valence-corrected chi connectivity index (χ0v) is 11.1. The quantitative estimate of drug-likeness (QED) is 0.889. The first kappa shape index (κ1) is 13.5. The molecule has 0 amide bonds. The first-order valence-electron chi connectivity index (χ1n) is 5.56. The van der Waals surface area contributed by atoms with Crippen LogP contribution >= 0.6 is 15.9 Å². The molecule has 1 aromatic rings. The lowest BCUT2D eigenvalue weighted by Crippen LogP contribution is -2.35. The van der Waals surface area contributed by atoms with Crippen molar-refractivity contribution in [2.75, 3.05) is 6.54 Å². The van der Waals surface area contributed by atoms with Gasteiger partial charge in [-0.25, -0.2) is 4.39 Å². The summed E-state index contributed by atoms with van der Waals surface area (Å²) in [5.74, 6) is -1.32. The molecule has 1 aromatic carbocycles. The minimum absolute atomic E-state index is 0.211. The van der Waals surface area contributed by atoms with Gasteiger partial charge in [-0.3, -0.25) is 9.69 Å². The number of hydrogen-bond donors (Lipinski definition) is 2. The Morgan fingerprint density at radius 2 is 2.28 bits per heavy atom. The molecule has 98 valence electrons. The van der Waals surface area contributed by atoms with Crippen LogP contribution in [0, 0.1) is 5.82 Å². The number of likely N-dealkylation sites (tertiary alicyclic amines) is 1. The van der Waals surface area contributed by atoms with Crippen LogP contribution in [-0.4, -0.2) is 39.8 Å². The molecule has 0 bridgehead atoms. The zero-order valence-electron chi connectivity index (χ0n) is 9.51. The van der Waals surface area contributed by atoms with Crippen molar-refractivity contribution in [1.82, 2.24) is 4.90 Å². The minimum atomic E-state index is -0.959. The van der Waals surface area contributed by atoms with Crippen molar-refractivity contribution in [3.8, 4) is 0 Å². The van der Waals surface area contributed by atoms with Crippen molar-refractivity contribution in [1.29, 1.82) is 0 Å². The van der Waals surface area contributed by atoms with Crippen molar-refractivity contribution in [2.24, 2.45) is 0 Å². The molecule has 0 aliphatic carbocycles. The van der Waals surface area contributed by atoms with Crippen LogP contribution in [-0.2, 0) is 11.3 Å². The van der Waals surface area contributed by atoms with Crippen LogP contribution in [0.15, 0.2) is 22.7 Å². The number of rotatable bonds is 3. The van der Waals surface area contributed by atoms with Gasteiger partial charge in [0.1, 0.15) is 11.9 Å². The molecule has 0 spiro atoms. The number of carboxylic acid groups (broad SMARTS) is 1. The number of benzene rings is 1. The second-order valence-electron chi connectivity index (χ2n) is 4.41. The predicted molar refractivity (Wildman–Crippen MR) is 66.6 cm³/mol. The van der Waals surface area contributed by atoms with Crippen LogP contribution in [0.1, 0.15) is 12.0 Å². The molecule has 0 aromatic heterocycles. The van der Waals surface area contributed by atoms with E-state index in [-0.39, 0.29) is 12.2 Å². The highest BCUT2D eigenvalue weighted by Gasteiger charge is 2.35. The van der Waals surface area contributed by atoms with Crippen molar-refractivity contribution in [3.05, 3.63) is 34.1 Å². The Labute approximate surface area is 112 Å². The van der Waals surface area contributed by atoms with Crippen LogP contribution in [0.2, 0.25) is 0 Å². The van der Waals surface area contributed by atoms with Crippen molar-refractivity contribution < 1.29 is 19.4 Å². The Morgan fingerprint density at radius 1 is 1.56 bits per heavy atom. The van der Waals surface area contributed by atoms with Crippen molar-refractivity contribution in [2.45, 2.75) is 25.1 Å². The second-order valence-corrected chi connectivity index (χ2v) is 5.26. The lowest BCUT2D eigenvalue weighted by atomic mass is 10.1. The normalized spacial score (nSPS) is 24.4. The number of halogens is 2. The van der Waals surface area contributed by atoms with Gasteiger partial charge in [-0.05, 0) is 23.8 Å². The number of nitrogens with zero attached hydrogens (tertiary/aromatic N) is 1. The molecule has 2 N–H and O–H groups in total. The average Bonchev–Trinajstić information content (AvgIpc) is 2.65. The highest BCUT2D eigenvalue weighted by atomic mass is 79.9. The summed E-state index contributed by atoms with van der Waals surface area (Å²) in [6, 6.07) is 3.58. The molecule has 0 radical (unpaired) electrons. The number of aliphatic carboxylic acids is 1. The lowest BCUT2D eigenvalue weighted by Gasteiger charge is -2.21. The predicted octanol–water partition coefficient (Wildman–Crippen LogP) is 1.61. The Balaban J connectivity index is 2.17. The third-order valence-electron chi connectivity index (χ3n) is 3.05. The first-order valence-corrected chi connectivity index (χ1v) is 6.35. The molecule has 2 atom stereocenters. The molecular formula is C12H13BrFNO3. The molecule has 2 unspecified atom stereocenters. The largest absolute Gasteiger partial charge is 0.480 e. The van der Waals surface area contributed by atoms with E-state index in [1.807, 2.05) is 0 Å². The molecule has 1 heterocycles. The molecule has 0 saturated carbocycles. The molecular weight excluding hydrogens is 305 g/mol. The number of β-amino-alcohol motifs (C(OH)–C–C–N with tert-alkyl or cyclic N) is 1. The summed E-state index contributed by atoms with van der Waals surface area (Å²) >= 11 is 3.31. The van der Waals surface area contributed by atoms with E-state index in [0.29, 0.717) is 18.7 Å². The average molecular weight is 318 g/mol.